The summed E-state index contributed by atoms with van der Waals surface area (Å²) in [4.78, 5) is 11.8. The molecule has 3 nitrogen and oxygen atoms in total. The quantitative estimate of drug-likeness (QED) is 0.806. The van der Waals surface area contributed by atoms with E-state index in [1.54, 1.807) is 0 Å². The Bertz CT molecular complexity index is 364. The predicted molar refractivity (Wildman–Crippen MR) is 70.0 cm³/mol. The van der Waals surface area contributed by atoms with Gasteiger partial charge in [-0.2, -0.15) is 0 Å². The third-order valence-electron chi connectivity index (χ3n) is 3.30. The number of benzene rings is 1. The Morgan fingerprint density at radius 2 is 2.00 bits per heavy atom. The van der Waals surface area contributed by atoms with Crippen molar-refractivity contribution in [2.45, 2.75) is 38.6 Å². The van der Waals surface area contributed by atoms with Crippen molar-refractivity contribution in [3.63, 3.8) is 0 Å². The van der Waals surface area contributed by atoms with Crippen molar-refractivity contribution in [1.29, 1.82) is 0 Å². The number of rotatable bonds is 2. The minimum Gasteiger partial charge on any atom is -0.335 e. The molecule has 0 heterocycles. The molecule has 2 rings (SSSR count). The molecule has 0 saturated heterocycles. The second-order valence-electron chi connectivity index (χ2n) is 4.93. The molecule has 0 spiro atoms. The number of amides is 2. The number of carbonyl (C=O) groups excluding carboxylic acids is 1. The van der Waals surface area contributed by atoms with Gasteiger partial charge in [-0.3, -0.25) is 0 Å². The van der Waals surface area contributed by atoms with Crippen LogP contribution in [-0.4, -0.2) is 12.1 Å². The van der Waals surface area contributed by atoms with Gasteiger partial charge in [-0.05, 0) is 30.9 Å². The molecule has 1 aliphatic rings. The van der Waals surface area contributed by atoms with Crippen LogP contribution in [0.4, 0.5) is 10.5 Å². The first-order valence-corrected chi connectivity index (χ1v) is 6.36. The summed E-state index contributed by atoms with van der Waals surface area (Å²) < 4.78 is 0. The van der Waals surface area contributed by atoms with Crippen molar-refractivity contribution in [2.24, 2.45) is 5.92 Å². The SMILES string of the molecule is C[C@@H]1CCC[C@H](NC(=O)Nc2ccccc2)C1. The lowest BCUT2D eigenvalue weighted by atomic mass is 9.87. The molecule has 92 valence electrons. The van der Waals surface area contributed by atoms with Crippen LogP contribution in [-0.2, 0) is 0 Å². The van der Waals surface area contributed by atoms with E-state index in [1.165, 1.54) is 12.8 Å². The van der Waals surface area contributed by atoms with Gasteiger partial charge in [0.15, 0.2) is 0 Å². The van der Waals surface area contributed by atoms with E-state index in [9.17, 15) is 4.79 Å². The summed E-state index contributed by atoms with van der Waals surface area (Å²) in [5.41, 5.74) is 0.842. The molecular weight excluding hydrogens is 212 g/mol. The molecule has 1 aromatic carbocycles. The van der Waals surface area contributed by atoms with Crippen molar-refractivity contribution in [2.75, 3.05) is 5.32 Å². The van der Waals surface area contributed by atoms with Crippen molar-refractivity contribution in [3.05, 3.63) is 30.3 Å². The molecule has 1 fully saturated rings. The Labute approximate surface area is 103 Å². The highest BCUT2D eigenvalue weighted by molar-refractivity contribution is 5.89. The number of urea groups is 1. The summed E-state index contributed by atoms with van der Waals surface area (Å²) in [6.07, 6.45) is 4.71. The van der Waals surface area contributed by atoms with E-state index in [0.717, 1.165) is 24.4 Å². The zero-order valence-electron chi connectivity index (χ0n) is 10.3. The molecule has 2 atom stereocenters. The van der Waals surface area contributed by atoms with Gasteiger partial charge in [0.05, 0.1) is 0 Å². The van der Waals surface area contributed by atoms with Crippen LogP contribution in [0.25, 0.3) is 0 Å². The molecule has 0 bridgehead atoms. The molecule has 0 unspecified atom stereocenters. The number of hydrogen-bond acceptors (Lipinski definition) is 1. The average molecular weight is 232 g/mol. The Hall–Kier alpha value is -1.51. The molecule has 0 radical (unpaired) electrons. The van der Waals surface area contributed by atoms with E-state index in [4.69, 9.17) is 0 Å². The zero-order chi connectivity index (χ0) is 12.1. The molecule has 2 amide bonds. The maximum Gasteiger partial charge on any atom is 0.319 e. The first kappa shape index (κ1) is 12.0. The fourth-order valence-corrected chi connectivity index (χ4v) is 2.44. The van der Waals surface area contributed by atoms with Gasteiger partial charge in [0, 0.05) is 11.7 Å². The molecule has 0 aromatic heterocycles. The maximum atomic E-state index is 11.8. The third-order valence-corrected chi connectivity index (χ3v) is 3.30. The van der Waals surface area contributed by atoms with Crippen molar-refractivity contribution < 1.29 is 4.79 Å². The highest BCUT2D eigenvalue weighted by atomic mass is 16.2. The number of hydrogen-bond donors (Lipinski definition) is 2. The highest BCUT2D eigenvalue weighted by Crippen LogP contribution is 2.23. The van der Waals surface area contributed by atoms with E-state index < -0.39 is 0 Å². The lowest BCUT2D eigenvalue weighted by Crippen LogP contribution is -2.40. The van der Waals surface area contributed by atoms with Crippen LogP contribution in [0.1, 0.15) is 32.6 Å². The Morgan fingerprint density at radius 3 is 2.71 bits per heavy atom. The number of anilines is 1. The summed E-state index contributed by atoms with van der Waals surface area (Å²) in [5, 5.41) is 5.90. The van der Waals surface area contributed by atoms with Gasteiger partial charge in [-0.1, -0.05) is 38.0 Å². The maximum absolute atomic E-state index is 11.8. The predicted octanol–water partition coefficient (Wildman–Crippen LogP) is 3.39. The van der Waals surface area contributed by atoms with Gasteiger partial charge in [0.1, 0.15) is 0 Å². The molecule has 3 heteroatoms. The Balaban J connectivity index is 1.81. The van der Waals surface area contributed by atoms with Crippen molar-refractivity contribution in [1.82, 2.24) is 5.32 Å². The normalized spacial score (nSPS) is 24.1. The van der Waals surface area contributed by atoms with E-state index in [0.29, 0.717) is 6.04 Å². The largest absolute Gasteiger partial charge is 0.335 e. The average Bonchev–Trinajstić information content (AvgIpc) is 2.30. The van der Waals surface area contributed by atoms with Crippen LogP contribution in [0, 0.1) is 5.92 Å². The summed E-state index contributed by atoms with van der Waals surface area (Å²) in [7, 11) is 0. The van der Waals surface area contributed by atoms with Crippen LogP contribution in [0.5, 0.6) is 0 Å². The molecular formula is C14H20N2O. The van der Waals surface area contributed by atoms with Gasteiger partial charge >= 0.3 is 6.03 Å². The molecule has 2 N–H and O–H groups in total. The van der Waals surface area contributed by atoms with Gasteiger partial charge in [-0.25, -0.2) is 4.79 Å². The first-order valence-electron chi connectivity index (χ1n) is 6.36. The van der Waals surface area contributed by atoms with Crippen molar-refractivity contribution >= 4 is 11.7 Å². The second-order valence-corrected chi connectivity index (χ2v) is 4.93. The first-order chi connectivity index (χ1) is 8.24. The van der Waals surface area contributed by atoms with Crippen molar-refractivity contribution in [3.8, 4) is 0 Å². The molecule has 17 heavy (non-hydrogen) atoms. The summed E-state index contributed by atoms with van der Waals surface area (Å²) >= 11 is 0. The van der Waals surface area contributed by atoms with E-state index in [2.05, 4.69) is 17.6 Å². The van der Waals surface area contributed by atoms with Crippen LogP contribution in [0.3, 0.4) is 0 Å². The molecule has 0 aliphatic heterocycles. The van der Waals surface area contributed by atoms with E-state index >= 15 is 0 Å². The second kappa shape index (κ2) is 5.71. The standard InChI is InChI=1S/C14H20N2O/c1-11-6-5-9-13(10-11)16-14(17)15-12-7-3-2-4-8-12/h2-4,7-8,11,13H,5-6,9-10H2,1H3,(H2,15,16,17)/t11-,13+/m1/s1. The van der Waals surface area contributed by atoms with Gasteiger partial charge < -0.3 is 10.6 Å². The zero-order valence-corrected chi connectivity index (χ0v) is 10.3. The van der Waals surface area contributed by atoms with Crippen LogP contribution < -0.4 is 10.6 Å². The topological polar surface area (TPSA) is 41.1 Å². The lowest BCUT2D eigenvalue weighted by Gasteiger charge is -2.27. The fraction of sp³-hybridized carbons (Fsp3) is 0.500. The minimum absolute atomic E-state index is 0.0877. The van der Waals surface area contributed by atoms with Crippen LogP contribution in [0.15, 0.2) is 30.3 Å². The Kier molecular flexibility index (Phi) is 4.02. The molecule has 1 saturated carbocycles. The number of para-hydroxylation sites is 1. The summed E-state index contributed by atoms with van der Waals surface area (Å²) in [5.74, 6) is 0.728. The summed E-state index contributed by atoms with van der Waals surface area (Å²) in [6, 6.07) is 9.80. The highest BCUT2D eigenvalue weighted by Gasteiger charge is 2.20. The third kappa shape index (κ3) is 3.77. The molecule has 1 aromatic rings. The number of nitrogens with one attached hydrogen (secondary N) is 2. The molecule has 1 aliphatic carbocycles. The Morgan fingerprint density at radius 1 is 1.24 bits per heavy atom. The fourth-order valence-electron chi connectivity index (χ4n) is 2.44. The lowest BCUT2D eigenvalue weighted by molar-refractivity contribution is 0.238. The summed E-state index contributed by atoms with van der Waals surface area (Å²) in [6.45, 7) is 2.25. The van der Waals surface area contributed by atoms with Crippen LogP contribution >= 0.6 is 0 Å². The van der Waals surface area contributed by atoms with E-state index in [-0.39, 0.29) is 6.03 Å². The van der Waals surface area contributed by atoms with Gasteiger partial charge in [0.2, 0.25) is 0 Å². The monoisotopic (exact) mass is 232 g/mol. The number of carbonyl (C=O) groups is 1. The van der Waals surface area contributed by atoms with Gasteiger partial charge in [0.25, 0.3) is 0 Å². The van der Waals surface area contributed by atoms with Gasteiger partial charge in [-0.15, -0.1) is 0 Å². The van der Waals surface area contributed by atoms with Crippen LogP contribution in [0.2, 0.25) is 0 Å². The minimum atomic E-state index is -0.0877. The smallest absolute Gasteiger partial charge is 0.319 e. The van der Waals surface area contributed by atoms with E-state index in [1.807, 2.05) is 30.3 Å².